The van der Waals surface area contributed by atoms with E-state index in [4.69, 9.17) is 9.47 Å². The van der Waals surface area contributed by atoms with Crippen LogP contribution in [-0.2, 0) is 19.9 Å². The van der Waals surface area contributed by atoms with Gasteiger partial charge in [-0.25, -0.2) is 4.79 Å². The lowest BCUT2D eigenvalue weighted by atomic mass is 9.83. The van der Waals surface area contributed by atoms with E-state index in [0.717, 1.165) is 42.3 Å². The second-order valence-electron chi connectivity index (χ2n) is 7.90. The molecule has 1 unspecified atom stereocenters. The maximum atomic E-state index is 13.2. The zero-order valence-corrected chi connectivity index (χ0v) is 16.2. The first-order valence-electron chi connectivity index (χ1n) is 9.47. The topological polar surface area (TPSA) is 52.1 Å². The van der Waals surface area contributed by atoms with Gasteiger partial charge in [0.2, 0.25) is 0 Å². The lowest BCUT2D eigenvalue weighted by molar-refractivity contribution is -0.665. The van der Waals surface area contributed by atoms with Gasteiger partial charge in [0.25, 0.3) is 0 Å². The quantitative estimate of drug-likeness (QED) is 0.838. The summed E-state index contributed by atoms with van der Waals surface area (Å²) >= 11 is 0. The minimum Gasteiger partial charge on any atom is -0.457 e. The average Bonchev–Trinajstić information content (AvgIpc) is 2.67. The molecule has 0 spiro atoms. The Bertz CT molecular complexity index is 775. The molecule has 140 valence electrons. The molecule has 4 heteroatoms. The largest absolute Gasteiger partial charge is 0.457 e. The number of fused-ring (bicyclic) bond motifs is 1. The van der Waals surface area contributed by atoms with Crippen molar-refractivity contribution in [1.29, 1.82) is 0 Å². The molecule has 26 heavy (non-hydrogen) atoms. The molecule has 0 radical (unpaired) electrons. The lowest BCUT2D eigenvalue weighted by Gasteiger charge is -2.38. The predicted octanol–water partition coefficient (Wildman–Crippen LogP) is 3.00. The molecule has 0 amide bonds. The average molecular weight is 356 g/mol. The van der Waals surface area contributed by atoms with Crippen LogP contribution in [0.2, 0.25) is 0 Å². The van der Waals surface area contributed by atoms with Gasteiger partial charge in [-0.1, -0.05) is 42.5 Å². The van der Waals surface area contributed by atoms with Crippen LogP contribution in [0.3, 0.4) is 0 Å². The van der Waals surface area contributed by atoms with Crippen molar-refractivity contribution < 1.29 is 19.6 Å². The van der Waals surface area contributed by atoms with Gasteiger partial charge in [0.1, 0.15) is 5.60 Å². The second kappa shape index (κ2) is 7.37. The van der Waals surface area contributed by atoms with Crippen LogP contribution in [0, 0.1) is 5.92 Å². The summed E-state index contributed by atoms with van der Waals surface area (Å²) < 4.78 is 11.8. The first kappa shape index (κ1) is 18.9. The lowest BCUT2D eigenvalue weighted by Crippen LogP contribution is -2.86. The highest BCUT2D eigenvalue weighted by molar-refractivity contribution is 5.92. The molecule has 2 aromatic carbocycles. The van der Waals surface area contributed by atoms with Crippen molar-refractivity contribution in [1.82, 2.24) is 0 Å². The first-order chi connectivity index (χ1) is 12.4. The third kappa shape index (κ3) is 3.49. The van der Waals surface area contributed by atoms with E-state index in [1.54, 1.807) is 7.11 Å². The van der Waals surface area contributed by atoms with Gasteiger partial charge in [-0.15, -0.1) is 0 Å². The minimum absolute atomic E-state index is 0.323. The molecule has 1 heterocycles. The summed E-state index contributed by atoms with van der Waals surface area (Å²) in [4.78, 5) is 13.2. The Morgan fingerprint density at radius 3 is 2.38 bits per heavy atom. The molecule has 1 atom stereocenters. The summed E-state index contributed by atoms with van der Waals surface area (Å²) in [5, 5.41) is 4.42. The van der Waals surface area contributed by atoms with E-state index in [-0.39, 0.29) is 5.97 Å². The number of esters is 1. The van der Waals surface area contributed by atoms with Gasteiger partial charge in [0.15, 0.2) is 5.60 Å². The molecule has 1 fully saturated rings. The van der Waals surface area contributed by atoms with Crippen LogP contribution in [0.1, 0.15) is 39.2 Å². The van der Waals surface area contributed by atoms with E-state index < -0.39 is 11.2 Å². The highest BCUT2D eigenvalue weighted by atomic mass is 16.6. The molecule has 0 aromatic heterocycles. The van der Waals surface area contributed by atoms with Crippen molar-refractivity contribution in [2.75, 3.05) is 20.2 Å². The van der Waals surface area contributed by atoms with Crippen molar-refractivity contribution in [3.8, 4) is 0 Å². The highest BCUT2D eigenvalue weighted by Gasteiger charge is 2.43. The molecule has 1 aliphatic rings. The van der Waals surface area contributed by atoms with Crippen molar-refractivity contribution in [2.45, 2.75) is 44.8 Å². The predicted molar refractivity (Wildman–Crippen MR) is 103 cm³/mol. The Kier molecular flexibility index (Phi) is 5.35. The van der Waals surface area contributed by atoms with Crippen molar-refractivity contribution in [2.24, 2.45) is 5.92 Å². The number of nitrogens with two attached hydrogens (primary N) is 1. The number of benzene rings is 2. The minimum atomic E-state index is -1.14. The Morgan fingerprint density at radius 2 is 1.69 bits per heavy atom. The molecular weight excluding hydrogens is 326 g/mol. The molecule has 1 saturated heterocycles. The Hall–Kier alpha value is -1.91. The fourth-order valence-corrected chi connectivity index (χ4v) is 3.99. The maximum Gasteiger partial charge on any atom is 0.343 e. The van der Waals surface area contributed by atoms with Crippen LogP contribution in [0.4, 0.5) is 0 Å². The van der Waals surface area contributed by atoms with Crippen molar-refractivity contribution in [3.63, 3.8) is 0 Å². The summed E-state index contributed by atoms with van der Waals surface area (Å²) in [6.07, 6.45) is 2.14. The van der Waals surface area contributed by atoms with Gasteiger partial charge < -0.3 is 14.8 Å². The fourth-order valence-electron chi connectivity index (χ4n) is 3.99. The molecule has 1 aliphatic heterocycles. The Labute approximate surface area is 155 Å². The Balaban J connectivity index is 1.92. The number of carbonyl (C=O) groups is 1. The summed E-state index contributed by atoms with van der Waals surface area (Å²) in [5.74, 6) is 0.0565. The zero-order valence-electron chi connectivity index (χ0n) is 16.2. The third-order valence-electron chi connectivity index (χ3n) is 5.88. The number of rotatable bonds is 5. The van der Waals surface area contributed by atoms with E-state index in [1.165, 1.54) is 0 Å². The normalized spacial score (nSPS) is 18.5. The van der Waals surface area contributed by atoms with Crippen LogP contribution in [0.15, 0.2) is 42.5 Å². The maximum absolute atomic E-state index is 13.2. The van der Waals surface area contributed by atoms with Gasteiger partial charge in [-0.3, -0.25) is 0 Å². The number of hydrogen-bond acceptors (Lipinski definition) is 3. The van der Waals surface area contributed by atoms with Crippen LogP contribution >= 0.6 is 0 Å². The summed E-state index contributed by atoms with van der Waals surface area (Å²) in [5.41, 5.74) is -0.801. The van der Waals surface area contributed by atoms with Gasteiger partial charge in [-0.2, -0.15) is 0 Å². The molecule has 2 N–H and O–H groups in total. The van der Waals surface area contributed by atoms with E-state index in [0.29, 0.717) is 5.92 Å². The van der Waals surface area contributed by atoms with Crippen molar-refractivity contribution in [3.05, 3.63) is 48.0 Å². The van der Waals surface area contributed by atoms with E-state index >= 15 is 0 Å². The first-order valence-corrected chi connectivity index (χ1v) is 9.47. The number of piperidine rings is 1. The van der Waals surface area contributed by atoms with Crippen LogP contribution in [-0.4, -0.2) is 31.8 Å². The SMILES string of the molecule is COC(C)(C(=O)OC(C)(C)C1CC[NH2+]CC1)c1cccc2ccccc12. The Morgan fingerprint density at radius 1 is 1.04 bits per heavy atom. The number of methoxy groups -OCH3 is 1. The molecule has 0 aliphatic carbocycles. The molecule has 0 bridgehead atoms. The van der Waals surface area contributed by atoms with Gasteiger partial charge >= 0.3 is 5.97 Å². The highest BCUT2D eigenvalue weighted by Crippen LogP contribution is 2.36. The van der Waals surface area contributed by atoms with Crippen molar-refractivity contribution >= 4 is 16.7 Å². The van der Waals surface area contributed by atoms with Gasteiger partial charge in [0, 0.05) is 31.4 Å². The molecule has 0 saturated carbocycles. The van der Waals surface area contributed by atoms with E-state index in [2.05, 4.69) is 5.32 Å². The standard InChI is InChI=1S/C22H29NO3/c1-21(2,17-12-14-23-15-13-17)26-20(24)22(3,25-4)19-11-7-9-16-8-5-6-10-18(16)19/h5-11,17,23H,12-15H2,1-4H3/p+1. The van der Waals surface area contributed by atoms with Gasteiger partial charge in [0.05, 0.1) is 13.1 Å². The number of carbonyl (C=O) groups excluding carboxylic acids is 1. The number of ether oxygens (including phenoxy) is 2. The second-order valence-corrected chi connectivity index (χ2v) is 7.90. The molecule has 3 rings (SSSR count). The third-order valence-corrected chi connectivity index (χ3v) is 5.88. The smallest absolute Gasteiger partial charge is 0.343 e. The van der Waals surface area contributed by atoms with Crippen LogP contribution in [0.5, 0.6) is 0 Å². The van der Waals surface area contributed by atoms with Gasteiger partial charge in [-0.05, 0) is 31.5 Å². The summed E-state index contributed by atoms with van der Waals surface area (Å²) in [6.45, 7) is 8.05. The molecular formula is C22H30NO3+. The van der Waals surface area contributed by atoms with Crippen LogP contribution < -0.4 is 5.32 Å². The molecule has 2 aromatic rings. The summed E-state index contributed by atoms with van der Waals surface area (Å²) in [6, 6.07) is 14.0. The number of hydrogen-bond donors (Lipinski definition) is 1. The van der Waals surface area contributed by atoms with Crippen LogP contribution in [0.25, 0.3) is 10.8 Å². The monoisotopic (exact) mass is 356 g/mol. The zero-order chi connectivity index (χ0) is 18.8. The molecule has 4 nitrogen and oxygen atoms in total. The van der Waals surface area contributed by atoms with E-state index in [9.17, 15) is 4.79 Å². The van der Waals surface area contributed by atoms with E-state index in [1.807, 2.05) is 63.2 Å². The fraction of sp³-hybridized carbons (Fsp3) is 0.500. The number of quaternary nitrogens is 1. The summed E-state index contributed by atoms with van der Waals surface area (Å²) in [7, 11) is 1.58.